The minimum absolute atomic E-state index is 0.385. The third kappa shape index (κ3) is 3.32. The molecule has 0 saturated carbocycles. The predicted molar refractivity (Wildman–Crippen MR) is 82.3 cm³/mol. The average Bonchev–Trinajstić information content (AvgIpc) is 2.39. The second-order valence-corrected chi connectivity index (χ2v) is 5.12. The first-order chi connectivity index (χ1) is 9.53. The molecular formula is C13H13BrClN3O2. The smallest absolute Gasteiger partial charge is 0.138 e. The SMILES string of the molecule is COc1cc(Nc2cc(Cl)nc(C)n2)cc(OC)c1Br. The van der Waals surface area contributed by atoms with E-state index in [2.05, 4.69) is 31.2 Å². The van der Waals surface area contributed by atoms with Gasteiger partial charge in [0.1, 0.15) is 32.8 Å². The Bertz CT molecular complexity index is 592. The minimum Gasteiger partial charge on any atom is -0.495 e. The van der Waals surface area contributed by atoms with Crippen LogP contribution < -0.4 is 14.8 Å². The lowest BCUT2D eigenvalue weighted by Crippen LogP contribution is -1.99. The minimum atomic E-state index is 0.385. The van der Waals surface area contributed by atoms with Gasteiger partial charge in [0.15, 0.2) is 0 Å². The summed E-state index contributed by atoms with van der Waals surface area (Å²) in [6, 6.07) is 5.31. The fourth-order valence-electron chi connectivity index (χ4n) is 1.68. The number of rotatable bonds is 4. The maximum absolute atomic E-state index is 5.91. The molecule has 1 N–H and O–H groups in total. The zero-order valence-corrected chi connectivity index (χ0v) is 13.5. The number of aromatic nitrogens is 2. The van der Waals surface area contributed by atoms with Gasteiger partial charge in [-0.3, -0.25) is 0 Å². The molecule has 0 spiro atoms. The topological polar surface area (TPSA) is 56.3 Å². The van der Waals surface area contributed by atoms with Crippen LogP contribution in [0.25, 0.3) is 0 Å². The molecule has 1 aromatic heterocycles. The highest BCUT2D eigenvalue weighted by atomic mass is 79.9. The van der Waals surface area contributed by atoms with Gasteiger partial charge < -0.3 is 14.8 Å². The van der Waals surface area contributed by atoms with Crippen LogP contribution in [0, 0.1) is 6.92 Å². The molecule has 20 heavy (non-hydrogen) atoms. The van der Waals surface area contributed by atoms with Gasteiger partial charge in [-0.15, -0.1) is 0 Å². The molecule has 0 bridgehead atoms. The predicted octanol–water partition coefficient (Wildman–Crippen LogP) is 3.96. The molecule has 0 radical (unpaired) electrons. The summed E-state index contributed by atoms with van der Waals surface area (Å²) in [7, 11) is 3.18. The Balaban J connectivity index is 2.38. The quantitative estimate of drug-likeness (QED) is 0.838. The van der Waals surface area contributed by atoms with Gasteiger partial charge in [0, 0.05) is 23.9 Å². The van der Waals surface area contributed by atoms with Gasteiger partial charge in [0.2, 0.25) is 0 Å². The second kappa shape index (κ2) is 6.28. The molecule has 2 rings (SSSR count). The van der Waals surface area contributed by atoms with E-state index in [4.69, 9.17) is 21.1 Å². The molecule has 0 aliphatic rings. The molecule has 5 nitrogen and oxygen atoms in total. The van der Waals surface area contributed by atoms with Gasteiger partial charge >= 0.3 is 0 Å². The van der Waals surface area contributed by atoms with E-state index in [9.17, 15) is 0 Å². The van der Waals surface area contributed by atoms with E-state index in [0.717, 1.165) is 10.2 Å². The lowest BCUT2D eigenvalue weighted by molar-refractivity contribution is 0.390. The number of ether oxygens (including phenoxy) is 2. The van der Waals surface area contributed by atoms with Crippen molar-refractivity contribution >= 4 is 39.0 Å². The van der Waals surface area contributed by atoms with Crippen molar-refractivity contribution in [3.8, 4) is 11.5 Å². The van der Waals surface area contributed by atoms with Crippen LogP contribution >= 0.6 is 27.5 Å². The van der Waals surface area contributed by atoms with E-state index in [-0.39, 0.29) is 0 Å². The maximum Gasteiger partial charge on any atom is 0.138 e. The molecule has 106 valence electrons. The number of nitrogens with one attached hydrogen (secondary N) is 1. The fraction of sp³-hybridized carbons (Fsp3) is 0.231. The summed E-state index contributed by atoms with van der Waals surface area (Å²) >= 11 is 9.33. The summed E-state index contributed by atoms with van der Waals surface area (Å²) in [6.45, 7) is 1.78. The molecule has 2 aromatic rings. The van der Waals surface area contributed by atoms with E-state index >= 15 is 0 Å². The molecular weight excluding hydrogens is 346 g/mol. The second-order valence-electron chi connectivity index (χ2n) is 3.94. The summed E-state index contributed by atoms with van der Waals surface area (Å²) in [4.78, 5) is 8.28. The third-order valence-corrected chi connectivity index (χ3v) is 3.50. The Morgan fingerprint density at radius 1 is 1.10 bits per heavy atom. The van der Waals surface area contributed by atoms with Crippen molar-refractivity contribution in [3.05, 3.63) is 33.6 Å². The molecule has 1 aromatic carbocycles. The number of benzene rings is 1. The van der Waals surface area contributed by atoms with Gasteiger partial charge in [0.25, 0.3) is 0 Å². The lowest BCUT2D eigenvalue weighted by atomic mass is 10.2. The summed E-state index contributed by atoms with van der Waals surface area (Å²) < 4.78 is 11.3. The van der Waals surface area contributed by atoms with Crippen molar-refractivity contribution in [3.63, 3.8) is 0 Å². The first-order valence-electron chi connectivity index (χ1n) is 5.73. The third-order valence-electron chi connectivity index (χ3n) is 2.52. The van der Waals surface area contributed by atoms with Gasteiger partial charge in [-0.25, -0.2) is 9.97 Å². The molecule has 0 aliphatic heterocycles. The molecule has 0 fully saturated rings. The van der Waals surface area contributed by atoms with E-state index in [0.29, 0.717) is 28.3 Å². The Kier molecular flexibility index (Phi) is 4.67. The van der Waals surface area contributed by atoms with Crippen molar-refractivity contribution in [2.24, 2.45) is 0 Å². The molecule has 0 amide bonds. The number of hydrogen-bond donors (Lipinski definition) is 1. The first kappa shape index (κ1) is 14.9. The van der Waals surface area contributed by atoms with Crippen LogP contribution in [-0.2, 0) is 0 Å². The molecule has 0 aliphatic carbocycles. The number of hydrogen-bond acceptors (Lipinski definition) is 5. The zero-order valence-electron chi connectivity index (χ0n) is 11.2. The summed E-state index contributed by atoms with van der Waals surface area (Å²) in [5.74, 6) is 2.51. The van der Waals surface area contributed by atoms with E-state index < -0.39 is 0 Å². The number of methoxy groups -OCH3 is 2. The van der Waals surface area contributed by atoms with Crippen LogP contribution in [0.5, 0.6) is 11.5 Å². The van der Waals surface area contributed by atoms with Gasteiger partial charge in [-0.05, 0) is 22.9 Å². The summed E-state index contributed by atoms with van der Waals surface area (Å²) in [5, 5.41) is 3.53. The van der Waals surface area contributed by atoms with Crippen LogP contribution in [-0.4, -0.2) is 24.2 Å². The molecule has 0 unspecified atom stereocenters. The number of aryl methyl sites for hydroxylation is 1. The van der Waals surface area contributed by atoms with E-state index in [1.54, 1.807) is 27.2 Å². The van der Waals surface area contributed by atoms with Crippen molar-refractivity contribution in [2.75, 3.05) is 19.5 Å². The largest absolute Gasteiger partial charge is 0.495 e. The average molecular weight is 359 g/mol. The fourth-order valence-corrected chi connectivity index (χ4v) is 2.46. The first-order valence-corrected chi connectivity index (χ1v) is 6.90. The normalized spacial score (nSPS) is 10.2. The highest BCUT2D eigenvalue weighted by Crippen LogP contribution is 2.38. The highest BCUT2D eigenvalue weighted by Gasteiger charge is 2.10. The Hall–Kier alpha value is -1.53. The lowest BCUT2D eigenvalue weighted by Gasteiger charge is -2.13. The van der Waals surface area contributed by atoms with E-state index in [1.807, 2.05) is 12.1 Å². The standard InChI is InChI=1S/C13H13BrClN3O2/c1-7-16-11(15)6-12(17-7)18-8-4-9(19-2)13(14)10(5-8)20-3/h4-6H,1-3H3,(H,16,17,18). The Morgan fingerprint density at radius 3 is 2.20 bits per heavy atom. The molecule has 7 heteroatoms. The van der Waals surface area contributed by atoms with Crippen LogP contribution in [0.3, 0.4) is 0 Å². The summed E-state index contributed by atoms with van der Waals surface area (Å²) in [6.07, 6.45) is 0. The van der Waals surface area contributed by atoms with Gasteiger partial charge in [0.05, 0.1) is 14.2 Å². The highest BCUT2D eigenvalue weighted by molar-refractivity contribution is 9.10. The van der Waals surface area contributed by atoms with Crippen LogP contribution in [0.4, 0.5) is 11.5 Å². The molecule has 0 atom stereocenters. The van der Waals surface area contributed by atoms with Crippen molar-refractivity contribution in [1.29, 1.82) is 0 Å². The Labute approximate surface area is 130 Å². The maximum atomic E-state index is 5.91. The van der Waals surface area contributed by atoms with Gasteiger partial charge in [-0.1, -0.05) is 11.6 Å². The number of halogens is 2. The van der Waals surface area contributed by atoms with E-state index in [1.165, 1.54) is 0 Å². The van der Waals surface area contributed by atoms with Crippen LogP contribution in [0.2, 0.25) is 5.15 Å². The van der Waals surface area contributed by atoms with Crippen molar-refractivity contribution < 1.29 is 9.47 Å². The number of nitrogens with zero attached hydrogens (tertiary/aromatic N) is 2. The Morgan fingerprint density at radius 2 is 1.70 bits per heavy atom. The molecule has 0 saturated heterocycles. The van der Waals surface area contributed by atoms with Crippen LogP contribution in [0.1, 0.15) is 5.82 Å². The summed E-state index contributed by atoms with van der Waals surface area (Å²) in [5.41, 5.74) is 0.774. The van der Waals surface area contributed by atoms with Crippen molar-refractivity contribution in [1.82, 2.24) is 9.97 Å². The molecule has 1 heterocycles. The zero-order chi connectivity index (χ0) is 14.7. The van der Waals surface area contributed by atoms with Gasteiger partial charge in [-0.2, -0.15) is 0 Å². The van der Waals surface area contributed by atoms with Crippen molar-refractivity contribution in [2.45, 2.75) is 6.92 Å². The van der Waals surface area contributed by atoms with Crippen LogP contribution in [0.15, 0.2) is 22.7 Å². The number of anilines is 2. The monoisotopic (exact) mass is 357 g/mol.